The maximum Gasteiger partial charge on any atom is 0.251 e. The second-order valence-corrected chi connectivity index (χ2v) is 6.92. The van der Waals surface area contributed by atoms with Crippen molar-refractivity contribution >= 4 is 24.2 Å². The fourth-order valence-corrected chi connectivity index (χ4v) is 3.02. The molecular formula is C19H30ClN3O3. The van der Waals surface area contributed by atoms with Crippen molar-refractivity contribution < 1.29 is 14.3 Å². The van der Waals surface area contributed by atoms with Crippen LogP contribution in [0.1, 0.15) is 44.0 Å². The quantitative estimate of drug-likeness (QED) is 0.703. The SMILES string of the molecule is COc1ccc(C(=O)NC(C(=O)NC2CCCNC2C)C(C)C)cc1.Cl. The lowest BCUT2D eigenvalue weighted by Crippen LogP contribution is -2.57. The summed E-state index contributed by atoms with van der Waals surface area (Å²) in [7, 11) is 1.58. The third-order valence-electron chi connectivity index (χ3n) is 4.68. The van der Waals surface area contributed by atoms with E-state index in [1.807, 2.05) is 13.8 Å². The fourth-order valence-electron chi connectivity index (χ4n) is 3.02. The third kappa shape index (κ3) is 5.88. The van der Waals surface area contributed by atoms with Crippen molar-refractivity contribution in [1.29, 1.82) is 0 Å². The predicted molar refractivity (Wildman–Crippen MR) is 105 cm³/mol. The van der Waals surface area contributed by atoms with Crippen LogP contribution in [-0.4, -0.2) is 43.6 Å². The molecule has 2 amide bonds. The van der Waals surface area contributed by atoms with E-state index in [1.165, 1.54) is 0 Å². The highest BCUT2D eigenvalue weighted by Crippen LogP contribution is 2.13. The minimum absolute atomic E-state index is 0. The van der Waals surface area contributed by atoms with Crippen LogP contribution >= 0.6 is 12.4 Å². The average molecular weight is 384 g/mol. The second-order valence-electron chi connectivity index (χ2n) is 6.92. The zero-order chi connectivity index (χ0) is 18.4. The zero-order valence-corrected chi connectivity index (χ0v) is 16.7. The molecular weight excluding hydrogens is 354 g/mol. The van der Waals surface area contributed by atoms with Crippen LogP contribution in [0, 0.1) is 5.92 Å². The van der Waals surface area contributed by atoms with E-state index in [0.29, 0.717) is 11.3 Å². The summed E-state index contributed by atoms with van der Waals surface area (Å²) in [6.07, 6.45) is 2.00. The van der Waals surface area contributed by atoms with Gasteiger partial charge < -0.3 is 20.7 Å². The van der Waals surface area contributed by atoms with Gasteiger partial charge in [0.2, 0.25) is 5.91 Å². The van der Waals surface area contributed by atoms with Gasteiger partial charge in [-0.2, -0.15) is 0 Å². The molecule has 6 nitrogen and oxygen atoms in total. The Morgan fingerprint density at radius 1 is 1.23 bits per heavy atom. The summed E-state index contributed by atoms with van der Waals surface area (Å²) in [6, 6.07) is 6.61. The number of methoxy groups -OCH3 is 1. The maximum atomic E-state index is 12.7. The van der Waals surface area contributed by atoms with Gasteiger partial charge in [0.1, 0.15) is 11.8 Å². The Labute approximate surface area is 161 Å². The van der Waals surface area contributed by atoms with Gasteiger partial charge in [-0.05, 0) is 56.5 Å². The molecule has 1 heterocycles. The molecule has 1 aromatic rings. The minimum Gasteiger partial charge on any atom is -0.497 e. The van der Waals surface area contributed by atoms with Crippen molar-refractivity contribution in [3.05, 3.63) is 29.8 Å². The second kappa shape index (κ2) is 10.4. The normalized spacial score (nSPS) is 20.7. The molecule has 3 unspecified atom stereocenters. The molecule has 0 saturated carbocycles. The number of hydrogen-bond donors (Lipinski definition) is 3. The van der Waals surface area contributed by atoms with Crippen molar-refractivity contribution in [2.75, 3.05) is 13.7 Å². The summed E-state index contributed by atoms with van der Waals surface area (Å²) in [5, 5.41) is 9.32. The van der Waals surface area contributed by atoms with Crippen molar-refractivity contribution in [3.63, 3.8) is 0 Å². The molecule has 1 saturated heterocycles. The number of carbonyl (C=O) groups is 2. The third-order valence-corrected chi connectivity index (χ3v) is 4.68. The Bertz CT molecular complexity index is 592. The van der Waals surface area contributed by atoms with Crippen molar-refractivity contribution in [3.8, 4) is 5.75 Å². The predicted octanol–water partition coefficient (Wildman–Crippen LogP) is 2.13. The van der Waals surface area contributed by atoms with Gasteiger partial charge >= 0.3 is 0 Å². The highest BCUT2D eigenvalue weighted by Gasteiger charge is 2.29. The van der Waals surface area contributed by atoms with Gasteiger partial charge in [-0.1, -0.05) is 13.8 Å². The molecule has 1 aliphatic heterocycles. The van der Waals surface area contributed by atoms with Gasteiger partial charge in [0.05, 0.1) is 7.11 Å². The molecule has 1 aromatic carbocycles. The van der Waals surface area contributed by atoms with Crippen LogP contribution in [0.5, 0.6) is 5.75 Å². The molecule has 3 atom stereocenters. The van der Waals surface area contributed by atoms with Gasteiger partial charge in [0.15, 0.2) is 0 Å². The zero-order valence-electron chi connectivity index (χ0n) is 15.9. The first-order valence-electron chi connectivity index (χ1n) is 8.91. The number of carbonyl (C=O) groups excluding carboxylic acids is 2. The van der Waals surface area contributed by atoms with E-state index >= 15 is 0 Å². The van der Waals surface area contributed by atoms with Crippen molar-refractivity contribution in [1.82, 2.24) is 16.0 Å². The fraction of sp³-hybridized carbons (Fsp3) is 0.579. The number of benzene rings is 1. The lowest BCUT2D eigenvalue weighted by Gasteiger charge is -2.32. The Kier molecular flexibility index (Phi) is 8.88. The number of halogens is 1. The molecule has 1 fully saturated rings. The van der Waals surface area contributed by atoms with E-state index in [0.717, 1.165) is 19.4 Å². The lowest BCUT2D eigenvalue weighted by atomic mass is 9.97. The number of ether oxygens (including phenoxy) is 1. The first kappa shape index (κ1) is 22.3. The summed E-state index contributed by atoms with van der Waals surface area (Å²) in [5.74, 6) is 0.297. The molecule has 0 radical (unpaired) electrons. The van der Waals surface area contributed by atoms with E-state index in [4.69, 9.17) is 4.74 Å². The maximum absolute atomic E-state index is 12.7. The molecule has 0 bridgehead atoms. The van der Waals surface area contributed by atoms with Crippen LogP contribution in [0.25, 0.3) is 0 Å². The Morgan fingerprint density at radius 3 is 2.42 bits per heavy atom. The summed E-state index contributed by atoms with van der Waals surface area (Å²) in [5.41, 5.74) is 0.506. The molecule has 1 aliphatic rings. The van der Waals surface area contributed by atoms with E-state index in [-0.39, 0.29) is 42.2 Å². The molecule has 7 heteroatoms. The number of rotatable bonds is 6. The largest absolute Gasteiger partial charge is 0.497 e. The molecule has 0 aliphatic carbocycles. The Hall–Kier alpha value is -1.79. The Balaban J connectivity index is 0.00000338. The van der Waals surface area contributed by atoms with Crippen LogP contribution in [0.15, 0.2) is 24.3 Å². The number of piperidine rings is 1. The van der Waals surface area contributed by atoms with Crippen LogP contribution in [-0.2, 0) is 4.79 Å². The van der Waals surface area contributed by atoms with Gasteiger partial charge in [0, 0.05) is 17.6 Å². The first-order valence-corrected chi connectivity index (χ1v) is 8.91. The van der Waals surface area contributed by atoms with E-state index in [1.54, 1.807) is 31.4 Å². The van der Waals surface area contributed by atoms with Crippen molar-refractivity contribution in [2.45, 2.75) is 51.7 Å². The van der Waals surface area contributed by atoms with Crippen LogP contribution in [0.4, 0.5) is 0 Å². The van der Waals surface area contributed by atoms with Gasteiger partial charge in [0.25, 0.3) is 5.91 Å². The summed E-state index contributed by atoms with van der Waals surface area (Å²) in [6.45, 7) is 6.92. The summed E-state index contributed by atoms with van der Waals surface area (Å²) in [4.78, 5) is 25.2. The number of amides is 2. The summed E-state index contributed by atoms with van der Waals surface area (Å²) >= 11 is 0. The lowest BCUT2D eigenvalue weighted by molar-refractivity contribution is -0.125. The highest BCUT2D eigenvalue weighted by atomic mass is 35.5. The molecule has 0 aromatic heterocycles. The minimum atomic E-state index is -0.566. The molecule has 0 spiro atoms. The van der Waals surface area contributed by atoms with Crippen molar-refractivity contribution in [2.24, 2.45) is 5.92 Å². The highest BCUT2D eigenvalue weighted by molar-refractivity contribution is 5.97. The van der Waals surface area contributed by atoms with Gasteiger partial charge in [-0.25, -0.2) is 0 Å². The average Bonchev–Trinajstić information content (AvgIpc) is 2.61. The molecule has 146 valence electrons. The Morgan fingerprint density at radius 2 is 1.88 bits per heavy atom. The smallest absolute Gasteiger partial charge is 0.251 e. The van der Waals surface area contributed by atoms with Crippen LogP contribution in [0.2, 0.25) is 0 Å². The number of nitrogens with one attached hydrogen (secondary N) is 3. The van der Waals surface area contributed by atoms with Gasteiger partial charge in [-0.15, -0.1) is 12.4 Å². The standard InChI is InChI=1S/C19H29N3O3.ClH/c1-12(2)17(19(24)21-16-6-5-11-20-13(16)3)22-18(23)14-7-9-15(25-4)10-8-14;/h7-10,12-13,16-17,20H,5-6,11H2,1-4H3,(H,21,24)(H,22,23);1H. The molecule has 3 N–H and O–H groups in total. The van der Waals surface area contributed by atoms with Crippen LogP contribution in [0.3, 0.4) is 0 Å². The molecule has 2 rings (SSSR count). The molecule has 26 heavy (non-hydrogen) atoms. The van der Waals surface area contributed by atoms with E-state index < -0.39 is 6.04 Å². The monoisotopic (exact) mass is 383 g/mol. The topological polar surface area (TPSA) is 79.5 Å². The first-order chi connectivity index (χ1) is 11.9. The number of hydrogen-bond acceptors (Lipinski definition) is 4. The van der Waals surface area contributed by atoms with E-state index in [2.05, 4.69) is 22.9 Å². The van der Waals surface area contributed by atoms with Crippen LogP contribution < -0.4 is 20.7 Å². The summed E-state index contributed by atoms with van der Waals surface area (Å²) < 4.78 is 5.10. The van der Waals surface area contributed by atoms with E-state index in [9.17, 15) is 9.59 Å². The van der Waals surface area contributed by atoms with Gasteiger partial charge in [-0.3, -0.25) is 9.59 Å².